The van der Waals surface area contributed by atoms with Gasteiger partial charge in [0.05, 0.1) is 0 Å². The SMILES string of the molecule is Clc1ccc(CN(C2CCSCC2)[C@H]2CCNC2)c(Cl)c1.O=C(O)C(O)C(O)C(=O)O. The lowest BCUT2D eigenvalue weighted by Gasteiger charge is -2.38. The molecule has 2 unspecified atom stereocenters. The molecule has 2 heterocycles. The zero-order valence-corrected chi connectivity index (χ0v) is 19.2. The molecule has 2 saturated heterocycles. The van der Waals surface area contributed by atoms with Crippen molar-refractivity contribution in [2.75, 3.05) is 24.6 Å². The molecule has 0 saturated carbocycles. The molecule has 5 N–H and O–H groups in total. The van der Waals surface area contributed by atoms with Crippen molar-refractivity contribution >= 4 is 46.9 Å². The highest BCUT2D eigenvalue weighted by atomic mass is 35.5. The van der Waals surface area contributed by atoms with Crippen LogP contribution in [-0.2, 0) is 16.1 Å². The summed E-state index contributed by atoms with van der Waals surface area (Å²) in [6.07, 6.45) is -0.692. The largest absolute Gasteiger partial charge is 0.479 e. The second-order valence-electron chi connectivity index (χ2n) is 7.46. The summed E-state index contributed by atoms with van der Waals surface area (Å²) in [5.41, 5.74) is 1.20. The first-order valence-electron chi connectivity index (χ1n) is 10.0. The van der Waals surface area contributed by atoms with Crippen LogP contribution in [0.25, 0.3) is 0 Å². The average molecular weight is 495 g/mol. The van der Waals surface area contributed by atoms with Crippen LogP contribution in [0.2, 0.25) is 10.0 Å². The lowest BCUT2D eigenvalue weighted by Crippen LogP contribution is -2.45. The fourth-order valence-electron chi connectivity index (χ4n) is 3.61. The van der Waals surface area contributed by atoms with E-state index in [1.807, 2.05) is 12.1 Å². The van der Waals surface area contributed by atoms with Gasteiger partial charge >= 0.3 is 11.9 Å². The maximum Gasteiger partial charge on any atom is 0.335 e. The number of aliphatic carboxylic acids is 2. The zero-order chi connectivity index (χ0) is 23.0. The highest BCUT2D eigenvalue weighted by Crippen LogP contribution is 2.29. The first-order chi connectivity index (χ1) is 14.7. The Labute approximate surface area is 195 Å². The number of nitrogens with one attached hydrogen (secondary N) is 1. The summed E-state index contributed by atoms with van der Waals surface area (Å²) in [5.74, 6) is -0.962. The number of carboxylic acid groups (broad SMARTS) is 2. The van der Waals surface area contributed by atoms with E-state index in [1.165, 1.54) is 36.3 Å². The third kappa shape index (κ3) is 8.09. The number of thioether (sulfide) groups is 1. The Hall–Kier alpha value is -1.07. The monoisotopic (exact) mass is 494 g/mol. The van der Waals surface area contributed by atoms with Gasteiger partial charge in [-0.3, -0.25) is 4.90 Å². The standard InChI is InChI=1S/C16H22Cl2N2S.C4H6O6/c17-13-2-1-12(16(18)9-13)11-20(15-3-6-19-10-15)14-4-7-21-8-5-14;5-1(3(7)8)2(6)4(9)10/h1-2,9,14-15,19H,3-8,10-11H2;1-2,5-6H,(H,7,8)(H,9,10)/t15-;/m0./s1. The average Bonchev–Trinajstić information content (AvgIpc) is 3.27. The molecule has 0 aromatic heterocycles. The predicted molar refractivity (Wildman–Crippen MR) is 121 cm³/mol. The van der Waals surface area contributed by atoms with Gasteiger partial charge in [0.2, 0.25) is 0 Å². The van der Waals surface area contributed by atoms with Gasteiger partial charge in [-0.2, -0.15) is 11.8 Å². The molecule has 2 aliphatic rings. The Balaban J connectivity index is 0.000000291. The first-order valence-corrected chi connectivity index (χ1v) is 11.9. The quantitative estimate of drug-likeness (QED) is 0.385. The minimum atomic E-state index is -2.27. The van der Waals surface area contributed by atoms with Crippen LogP contribution < -0.4 is 5.32 Å². The normalized spacial score (nSPS) is 21.3. The number of aliphatic hydroxyl groups is 2. The van der Waals surface area contributed by atoms with Gasteiger partial charge < -0.3 is 25.7 Å². The third-order valence-corrected chi connectivity index (χ3v) is 6.97. The summed E-state index contributed by atoms with van der Waals surface area (Å²) in [7, 11) is 0. The molecule has 3 atom stereocenters. The molecule has 3 rings (SSSR count). The van der Waals surface area contributed by atoms with Crippen LogP contribution in [0.5, 0.6) is 0 Å². The van der Waals surface area contributed by atoms with Crippen molar-refractivity contribution in [2.45, 2.75) is 50.1 Å². The molecule has 8 nitrogen and oxygen atoms in total. The van der Waals surface area contributed by atoms with Crippen LogP contribution in [-0.4, -0.2) is 86.2 Å². The molecule has 0 radical (unpaired) electrons. The molecule has 0 amide bonds. The topological polar surface area (TPSA) is 130 Å². The number of aliphatic hydroxyl groups excluding tert-OH is 2. The number of benzene rings is 1. The third-order valence-electron chi connectivity index (χ3n) is 5.34. The maximum absolute atomic E-state index is 9.77. The molecule has 0 aliphatic carbocycles. The number of carbonyl (C=O) groups is 2. The Kier molecular flexibility index (Phi) is 10.8. The summed E-state index contributed by atoms with van der Waals surface area (Å²) >= 11 is 14.5. The van der Waals surface area contributed by atoms with Crippen molar-refractivity contribution in [3.63, 3.8) is 0 Å². The van der Waals surface area contributed by atoms with Crippen LogP contribution in [0.15, 0.2) is 18.2 Å². The molecular formula is C20H28Cl2N2O6S. The molecule has 0 bridgehead atoms. The van der Waals surface area contributed by atoms with Crippen LogP contribution in [0, 0.1) is 0 Å². The molecular weight excluding hydrogens is 467 g/mol. The Bertz CT molecular complexity index is 726. The summed E-state index contributed by atoms with van der Waals surface area (Å²) in [5, 5.41) is 37.5. The molecule has 174 valence electrons. The van der Waals surface area contributed by atoms with Crippen LogP contribution >= 0.6 is 35.0 Å². The van der Waals surface area contributed by atoms with Gasteiger partial charge in [0.15, 0.2) is 12.2 Å². The van der Waals surface area contributed by atoms with E-state index in [0.717, 1.165) is 24.7 Å². The van der Waals surface area contributed by atoms with Gasteiger partial charge in [0, 0.05) is 35.2 Å². The van der Waals surface area contributed by atoms with E-state index in [1.54, 1.807) is 0 Å². The molecule has 1 aromatic carbocycles. The van der Waals surface area contributed by atoms with Gasteiger partial charge in [-0.1, -0.05) is 29.3 Å². The number of hydrogen-bond acceptors (Lipinski definition) is 7. The zero-order valence-electron chi connectivity index (χ0n) is 16.9. The van der Waals surface area contributed by atoms with Gasteiger partial charge in [-0.05, 0) is 55.0 Å². The lowest BCUT2D eigenvalue weighted by atomic mass is 10.0. The molecule has 31 heavy (non-hydrogen) atoms. The lowest BCUT2D eigenvalue weighted by molar-refractivity contribution is -0.165. The summed E-state index contributed by atoms with van der Waals surface area (Å²) in [4.78, 5) is 22.2. The summed E-state index contributed by atoms with van der Waals surface area (Å²) in [6, 6.07) is 7.23. The second kappa shape index (κ2) is 12.8. The number of rotatable bonds is 7. The Morgan fingerprint density at radius 3 is 2.16 bits per heavy atom. The first kappa shape index (κ1) is 26.2. The van der Waals surface area contributed by atoms with Crippen LogP contribution in [0.1, 0.15) is 24.8 Å². The van der Waals surface area contributed by atoms with Crippen molar-refractivity contribution in [1.82, 2.24) is 10.2 Å². The predicted octanol–water partition coefficient (Wildman–Crippen LogP) is 1.93. The number of halogens is 2. The van der Waals surface area contributed by atoms with Crippen LogP contribution in [0.4, 0.5) is 0 Å². The number of nitrogens with zero attached hydrogens (tertiary/aromatic N) is 1. The second-order valence-corrected chi connectivity index (χ2v) is 9.53. The van der Waals surface area contributed by atoms with E-state index < -0.39 is 24.1 Å². The fraction of sp³-hybridized carbons (Fsp3) is 0.600. The van der Waals surface area contributed by atoms with Crippen molar-refractivity contribution in [1.29, 1.82) is 0 Å². The number of carboxylic acids is 2. The minimum Gasteiger partial charge on any atom is -0.479 e. The highest BCUT2D eigenvalue weighted by molar-refractivity contribution is 7.99. The van der Waals surface area contributed by atoms with E-state index in [9.17, 15) is 9.59 Å². The molecule has 11 heteroatoms. The van der Waals surface area contributed by atoms with E-state index in [0.29, 0.717) is 17.1 Å². The van der Waals surface area contributed by atoms with Crippen molar-refractivity contribution in [3.8, 4) is 0 Å². The van der Waals surface area contributed by atoms with Gasteiger partial charge in [0.25, 0.3) is 0 Å². The summed E-state index contributed by atoms with van der Waals surface area (Å²) in [6.45, 7) is 3.18. The summed E-state index contributed by atoms with van der Waals surface area (Å²) < 4.78 is 0. The maximum atomic E-state index is 9.77. The van der Waals surface area contributed by atoms with E-state index in [-0.39, 0.29) is 0 Å². The van der Waals surface area contributed by atoms with Gasteiger partial charge in [-0.15, -0.1) is 0 Å². The molecule has 2 fully saturated rings. The molecule has 0 spiro atoms. The molecule has 1 aromatic rings. The highest BCUT2D eigenvalue weighted by Gasteiger charge is 2.30. The number of hydrogen-bond donors (Lipinski definition) is 5. The van der Waals surface area contributed by atoms with Gasteiger partial charge in [0.1, 0.15) is 0 Å². The Morgan fingerprint density at radius 1 is 1.06 bits per heavy atom. The smallest absolute Gasteiger partial charge is 0.335 e. The molecule has 2 aliphatic heterocycles. The van der Waals surface area contributed by atoms with Gasteiger partial charge in [-0.25, -0.2) is 9.59 Å². The van der Waals surface area contributed by atoms with E-state index in [4.69, 9.17) is 43.6 Å². The van der Waals surface area contributed by atoms with E-state index in [2.05, 4.69) is 28.0 Å². The van der Waals surface area contributed by atoms with Crippen molar-refractivity contribution in [3.05, 3.63) is 33.8 Å². The Morgan fingerprint density at radius 2 is 1.68 bits per heavy atom. The fourth-order valence-corrected chi connectivity index (χ4v) is 5.16. The van der Waals surface area contributed by atoms with Crippen molar-refractivity contribution < 1.29 is 30.0 Å². The van der Waals surface area contributed by atoms with Crippen molar-refractivity contribution in [2.24, 2.45) is 0 Å². The van der Waals surface area contributed by atoms with Crippen LogP contribution in [0.3, 0.4) is 0 Å². The van der Waals surface area contributed by atoms with E-state index >= 15 is 0 Å². The minimum absolute atomic E-state index is 0.643.